The maximum atomic E-state index is 5.81. The van der Waals surface area contributed by atoms with E-state index in [1.165, 1.54) is 29.8 Å². The Kier molecular flexibility index (Phi) is 2.79. The van der Waals surface area contributed by atoms with Gasteiger partial charge in [-0.25, -0.2) is 0 Å². The summed E-state index contributed by atoms with van der Waals surface area (Å²) in [6, 6.07) is 2.16. The maximum Gasteiger partial charge on any atom is 0.0912 e. The summed E-state index contributed by atoms with van der Waals surface area (Å²) < 4.78 is 0. The van der Waals surface area contributed by atoms with Crippen molar-refractivity contribution in [3.8, 4) is 0 Å². The van der Waals surface area contributed by atoms with Gasteiger partial charge in [0.1, 0.15) is 0 Å². The van der Waals surface area contributed by atoms with Gasteiger partial charge >= 0.3 is 0 Å². The molecule has 14 heavy (non-hydrogen) atoms. The third kappa shape index (κ3) is 1.79. The van der Waals surface area contributed by atoms with Crippen LogP contribution >= 0.6 is 11.3 Å². The molecule has 1 aliphatic rings. The largest absolute Gasteiger partial charge is 0.376 e. The van der Waals surface area contributed by atoms with Gasteiger partial charge < -0.3 is 11.1 Å². The van der Waals surface area contributed by atoms with Gasteiger partial charge in [-0.1, -0.05) is 6.42 Å². The molecule has 0 aliphatic heterocycles. The van der Waals surface area contributed by atoms with Gasteiger partial charge in [0.25, 0.3) is 0 Å². The highest BCUT2D eigenvalue weighted by Crippen LogP contribution is 2.40. The van der Waals surface area contributed by atoms with Crippen LogP contribution in [0, 0.1) is 12.3 Å². The minimum Gasteiger partial charge on any atom is -0.376 e. The van der Waals surface area contributed by atoms with Crippen LogP contribution in [0.1, 0.15) is 24.8 Å². The van der Waals surface area contributed by atoms with Gasteiger partial charge in [-0.15, -0.1) is 11.3 Å². The fourth-order valence-electron chi connectivity index (χ4n) is 1.95. The van der Waals surface area contributed by atoms with Crippen LogP contribution in [-0.4, -0.2) is 13.1 Å². The molecule has 78 valence electrons. The summed E-state index contributed by atoms with van der Waals surface area (Å²) in [4.78, 5) is 0. The van der Waals surface area contributed by atoms with Crippen molar-refractivity contribution in [3.63, 3.8) is 0 Å². The molecule has 1 aromatic rings. The first kappa shape index (κ1) is 9.99. The molecule has 2 rings (SSSR count). The van der Waals surface area contributed by atoms with Crippen LogP contribution in [0.25, 0.3) is 0 Å². The van der Waals surface area contributed by atoms with Crippen LogP contribution in [0.4, 0.5) is 5.00 Å². The van der Waals surface area contributed by atoms with Crippen LogP contribution in [0.15, 0.2) is 11.4 Å². The number of aryl methyl sites for hydroxylation is 1. The highest BCUT2D eigenvalue weighted by atomic mass is 32.1. The smallest absolute Gasteiger partial charge is 0.0912 e. The topological polar surface area (TPSA) is 38.0 Å². The highest BCUT2D eigenvalue weighted by molar-refractivity contribution is 7.14. The fraction of sp³-hybridized carbons (Fsp3) is 0.636. The summed E-state index contributed by atoms with van der Waals surface area (Å²) in [6.45, 7) is 4.02. The average molecular weight is 210 g/mol. The number of rotatable bonds is 4. The molecular weight excluding hydrogens is 192 g/mol. The predicted molar refractivity (Wildman–Crippen MR) is 62.9 cm³/mol. The average Bonchev–Trinajstić information content (AvgIpc) is 2.51. The first-order chi connectivity index (χ1) is 6.76. The Morgan fingerprint density at radius 2 is 2.36 bits per heavy atom. The maximum absolute atomic E-state index is 5.81. The second kappa shape index (κ2) is 3.91. The molecule has 0 atom stereocenters. The molecule has 0 aromatic carbocycles. The van der Waals surface area contributed by atoms with Crippen molar-refractivity contribution in [1.82, 2.24) is 0 Å². The zero-order chi connectivity index (χ0) is 10.0. The van der Waals surface area contributed by atoms with E-state index in [4.69, 9.17) is 5.73 Å². The quantitative estimate of drug-likeness (QED) is 0.801. The van der Waals surface area contributed by atoms with E-state index in [2.05, 4.69) is 23.7 Å². The molecule has 2 nitrogen and oxygen atoms in total. The molecule has 1 fully saturated rings. The first-order valence-electron chi connectivity index (χ1n) is 5.24. The zero-order valence-electron chi connectivity index (χ0n) is 8.68. The summed E-state index contributed by atoms with van der Waals surface area (Å²) in [5.74, 6) is 0. The van der Waals surface area contributed by atoms with Crippen molar-refractivity contribution in [2.75, 3.05) is 18.4 Å². The van der Waals surface area contributed by atoms with E-state index in [-0.39, 0.29) is 0 Å². The Balaban J connectivity index is 1.90. The third-order valence-electron chi connectivity index (χ3n) is 3.33. The van der Waals surface area contributed by atoms with E-state index in [1.54, 1.807) is 11.3 Å². The van der Waals surface area contributed by atoms with Crippen molar-refractivity contribution < 1.29 is 0 Å². The highest BCUT2D eigenvalue weighted by Gasteiger charge is 2.35. The molecule has 0 amide bonds. The van der Waals surface area contributed by atoms with Crippen molar-refractivity contribution in [1.29, 1.82) is 0 Å². The van der Waals surface area contributed by atoms with E-state index < -0.39 is 0 Å². The minimum atomic E-state index is 0.399. The third-order valence-corrected chi connectivity index (χ3v) is 4.31. The summed E-state index contributed by atoms with van der Waals surface area (Å²) in [5.41, 5.74) is 7.56. The molecule has 3 N–H and O–H groups in total. The minimum absolute atomic E-state index is 0.399. The van der Waals surface area contributed by atoms with Crippen LogP contribution < -0.4 is 11.1 Å². The SMILES string of the molecule is Cc1ccsc1NCC1(CN)CCC1. The lowest BCUT2D eigenvalue weighted by Crippen LogP contribution is -2.42. The lowest BCUT2D eigenvalue weighted by atomic mass is 9.69. The molecule has 0 radical (unpaired) electrons. The summed E-state index contributed by atoms with van der Waals surface area (Å²) in [7, 11) is 0. The lowest BCUT2D eigenvalue weighted by Gasteiger charge is -2.41. The second-order valence-corrected chi connectivity index (χ2v) is 5.26. The van der Waals surface area contributed by atoms with E-state index in [0.717, 1.165) is 13.1 Å². The summed E-state index contributed by atoms with van der Waals surface area (Å²) in [6.07, 6.45) is 3.93. The van der Waals surface area contributed by atoms with Gasteiger partial charge in [0.2, 0.25) is 0 Å². The molecule has 3 heteroatoms. The van der Waals surface area contributed by atoms with Gasteiger partial charge in [0, 0.05) is 6.54 Å². The van der Waals surface area contributed by atoms with Crippen LogP contribution in [0.3, 0.4) is 0 Å². The molecule has 1 saturated carbocycles. The van der Waals surface area contributed by atoms with Crippen molar-refractivity contribution >= 4 is 16.3 Å². The Morgan fingerprint density at radius 1 is 1.57 bits per heavy atom. The van der Waals surface area contributed by atoms with Crippen molar-refractivity contribution in [2.24, 2.45) is 11.1 Å². The molecule has 0 spiro atoms. The number of thiophene rings is 1. The van der Waals surface area contributed by atoms with Gasteiger partial charge in [0.15, 0.2) is 0 Å². The molecule has 0 unspecified atom stereocenters. The van der Waals surface area contributed by atoms with E-state index >= 15 is 0 Å². The van der Waals surface area contributed by atoms with Crippen molar-refractivity contribution in [2.45, 2.75) is 26.2 Å². The van der Waals surface area contributed by atoms with Gasteiger partial charge in [0.05, 0.1) is 5.00 Å². The number of anilines is 1. The lowest BCUT2D eigenvalue weighted by molar-refractivity contribution is 0.163. The Hall–Kier alpha value is -0.540. The van der Waals surface area contributed by atoms with E-state index in [9.17, 15) is 0 Å². The van der Waals surface area contributed by atoms with E-state index in [1.807, 2.05) is 0 Å². The molecule has 1 heterocycles. The molecule has 1 aromatic heterocycles. The molecule has 1 aliphatic carbocycles. The number of nitrogens with one attached hydrogen (secondary N) is 1. The summed E-state index contributed by atoms with van der Waals surface area (Å²) in [5, 5.41) is 6.97. The van der Waals surface area contributed by atoms with Crippen LogP contribution in [0.2, 0.25) is 0 Å². The number of nitrogens with two attached hydrogens (primary N) is 1. The van der Waals surface area contributed by atoms with Gasteiger partial charge in [-0.05, 0) is 48.7 Å². The number of hydrogen-bond acceptors (Lipinski definition) is 3. The zero-order valence-corrected chi connectivity index (χ0v) is 9.49. The Bertz CT molecular complexity index is 296. The van der Waals surface area contributed by atoms with Crippen molar-refractivity contribution in [3.05, 3.63) is 17.0 Å². The van der Waals surface area contributed by atoms with Gasteiger partial charge in [-0.2, -0.15) is 0 Å². The normalized spacial score (nSPS) is 19.0. The van der Waals surface area contributed by atoms with Gasteiger partial charge in [-0.3, -0.25) is 0 Å². The predicted octanol–water partition coefficient (Wildman–Crippen LogP) is 2.60. The molecule has 0 saturated heterocycles. The molecular formula is C11H18N2S. The standard InChI is InChI=1S/C11H18N2S/c1-9-3-6-14-10(9)13-8-11(7-12)4-2-5-11/h3,6,13H,2,4-5,7-8,12H2,1H3. The second-order valence-electron chi connectivity index (χ2n) is 4.34. The van der Waals surface area contributed by atoms with E-state index in [0.29, 0.717) is 5.41 Å². The molecule has 0 bridgehead atoms. The van der Waals surface area contributed by atoms with Crippen LogP contribution in [-0.2, 0) is 0 Å². The Morgan fingerprint density at radius 3 is 2.79 bits per heavy atom. The monoisotopic (exact) mass is 210 g/mol. The summed E-state index contributed by atoms with van der Waals surface area (Å²) >= 11 is 1.78. The first-order valence-corrected chi connectivity index (χ1v) is 6.12. The number of hydrogen-bond donors (Lipinski definition) is 2. The fourth-order valence-corrected chi connectivity index (χ4v) is 2.77. The Labute approximate surface area is 89.5 Å². The van der Waals surface area contributed by atoms with Crippen LogP contribution in [0.5, 0.6) is 0 Å².